The molecule has 0 unspecified atom stereocenters. The highest BCUT2D eigenvalue weighted by Gasteiger charge is 2.24. The van der Waals surface area contributed by atoms with Crippen molar-refractivity contribution in [3.63, 3.8) is 0 Å². The lowest BCUT2D eigenvalue weighted by Crippen LogP contribution is -2.44. The topological polar surface area (TPSA) is 27.7 Å². The van der Waals surface area contributed by atoms with Crippen LogP contribution in [-0.2, 0) is 4.74 Å². The zero-order chi connectivity index (χ0) is 12.9. The van der Waals surface area contributed by atoms with Crippen LogP contribution in [-0.4, -0.2) is 74.9 Å². The van der Waals surface area contributed by atoms with Gasteiger partial charge in [-0.25, -0.2) is 0 Å². The molecule has 3 rings (SSSR count). The van der Waals surface area contributed by atoms with Crippen LogP contribution in [0.3, 0.4) is 0 Å². The predicted molar refractivity (Wildman–Crippen MR) is 77.4 cm³/mol. The quantitative estimate of drug-likeness (QED) is 0.770. The second-order valence-corrected chi connectivity index (χ2v) is 6.42. The van der Waals surface area contributed by atoms with Gasteiger partial charge in [0, 0.05) is 32.2 Å². The first kappa shape index (κ1) is 13.8. The Hall–Kier alpha value is -0.160. The van der Waals surface area contributed by atoms with Gasteiger partial charge in [0.1, 0.15) is 0 Å². The van der Waals surface area contributed by atoms with Gasteiger partial charge in [-0.2, -0.15) is 0 Å². The normalized spacial score (nSPS) is 27.8. The van der Waals surface area contributed by atoms with Gasteiger partial charge in [-0.3, -0.25) is 4.90 Å². The van der Waals surface area contributed by atoms with Gasteiger partial charge in [0.25, 0.3) is 0 Å². The molecule has 2 heterocycles. The third-order valence-corrected chi connectivity index (χ3v) is 4.82. The summed E-state index contributed by atoms with van der Waals surface area (Å²) in [6.07, 6.45) is 5.61. The number of rotatable bonds is 6. The molecule has 0 spiro atoms. The maximum atomic E-state index is 5.39. The summed E-state index contributed by atoms with van der Waals surface area (Å²) in [4.78, 5) is 5.20. The molecule has 2 saturated heterocycles. The number of hydrogen-bond acceptors (Lipinski definition) is 4. The van der Waals surface area contributed by atoms with E-state index in [1.807, 2.05) is 0 Å². The van der Waals surface area contributed by atoms with E-state index in [0.717, 1.165) is 38.3 Å². The lowest BCUT2D eigenvalue weighted by atomic mass is 9.97. The van der Waals surface area contributed by atoms with E-state index in [4.69, 9.17) is 4.74 Å². The zero-order valence-electron chi connectivity index (χ0n) is 12.1. The fraction of sp³-hybridized carbons (Fsp3) is 1.00. The smallest absolute Gasteiger partial charge is 0.0594 e. The average Bonchev–Trinajstić information content (AvgIpc) is 3.29. The van der Waals surface area contributed by atoms with Gasteiger partial charge in [0.2, 0.25) is 0 Å². The van der Waals surface area contributed by atoms with Crippen LogP contribution >= 0.6 is 0 Å². The van der Waals surface area contributed by atoms with Crippen molar-refractivity contribution < 1.29 is 4.74 Å². The fourth-order valence-corrected chi connectivity index (χ4v) is 3.14. The molecule has 4 nitrogen and oxygen atoms in total. The molecule has 0 aromatic rings. The second-order valence-electron chi connectivity index (χ2n) is 6.42. The van der Waals surface area contributed by atoms with Crippen LogP contribution in [0.15, 0.2) is 0 Å². The minimum Gasteiger partial charge on any atom is -0.379 e. The van der Waals surface area contributed by atoms with Gasteiger partial charge in [-0.15, -0.1) is 0 Å². The highest BCUT2D eigenvalue weighted by atomic mass is 16.5. The van der Waals surface area contributed by atoms with Crippen LogP contribution < -0.4 is 5.32 Å². The molecule has 110 valence electrons. The summed E-state index contributed by atoms with van der Waals surface area (Å²) in [5.41, 5.74) is 0. The molecule has 3 fully saturated rings. The molecule has 1 aliphatic carbocycles. The van der Waals surface area contributed by atoms with Gasteiger partial charge < -0.3 is 15.0 Å². The molecule has 0 amide bonds. The van der Waals surface area contributed by atoms with E-state index in [1.54, 1.807) is 0 Å². The molecule has 19 heavy (non-hydrogen) atoms. The molecule has 0 aromatic carbocycles. The fourth-order valence-electron chi connectivity index (χ4n) is 3.14. The molecule has 0 radical (unpaired) electrons. The predicted octanol–water partition coefficient (Wildman–Crippen LogP) is 0.783. The SMILES string of the molecule is C1CN(CCN2CCC(CNC3CC3)CC2)CCO1. The van der Waals surface area contributed by atoms with Gasteiger partial charge in [0.05, 0.1) is 13.2 Å². The van der Waals surface area contributed by atoms with E-state index in [1.165, 1.54) is 58.4 Å². The molecule has 3 aliphatic rings. The molecular formula is C15H29N3O. The van der Waals surface area contributed by atoms with Gasteiger partial charge in [-0.1, -0.05) is 0 Å². The van der Waals surface area contributed by atoms with Gasteiger partial charge >= 0.3 is 0 Å². The maximum absolute atomic E-state index is 5.39. The van der Waals surface area contributed by atoms with Crippen molar-refractivity contribution in [2.24, 2.45) is 5.92 Å². The molecule has 2 aliphatic heterocycles. The summed E-state index contributed by atoms with van der Waals surface area (Å²) in [7, 11) is 0. The van der Waals surface area contributed by atoms with Crippen LogP contribution in [0.25, 0.3) is 0 Å². The van der Waals surface area contributed by atoms with E-state index in [0.29, 0.717) is 0 Å². The molecule has 4 heteroatoms. The van der Waals surface area contributed by atoms with Gasteiger partial charge in [0.15, 0.2) is 0 Å². The number of ether oxygens (including phenoxy) is 1. The Morgan fingerprint density at radius 1 is 0.842 bits per heavy atom. The van der Waals surface area contributed by atoms with Crippen LogP contribution in [0.1, 0.15) is 25.7 Å². The number of hydrogen-bond donors (Lipinski definition) is 1. The van der Waals surface area contributed by atoms with Crippen molar-refractivity contribution in [1.82, 2.24) is 15.1 Å². The van der Waals surface area contributed by atoms with Crippen molar-refractivity contribution >= 4 is 0 Å². The lowest BCUT2D eigenvalue weighted by Gasteiger charge is -2.34. The maximum Gasteiger partial charge on any atom is 0.0594 e. The highest BCUT2D eigenvalue weighted by molar-refractivity contribution is 4.83. The first-order chi connectivity index (χ1) is 9.40. The molecule has 0 atom stereocenters. The summed E-state index contributed by atoms with van der Waals surface area (Å²) in [6, 6.07) is 0.874. The lowest BCUT2D eigenvalue weighted by molar-refractivity contribution is 0.0314. The van der Waals surface area contributed by atoms with E-state index in [9.17, 15) is 0 Å². The monoisotopic (exact) mass is 267 g/mol. The summed E-state index contributed by atoms with van der Waals surface area (Å²) >= 11 is 0. The average molecular weight is 267 g/mol. The molecule has 0 bridgehead atoms. The van der Waals surface area contributed by atoms with Crippen molar-refractivity contribution in [3.8, 4) is 0 Å². The van der Waals surface area contributed by atoms with Crippen LogP contribution in [0.4, 0.5) is 0 Å². The zero-order valence-corrected chi connectivity index (χ0v) is 12.1. The van der Waals surface area contributed by atoms with E-state index < -0.39 is 0 Å². The number of morpholine rings is 1. The molecular weight excluding hydrogens is 238 g/mol. The summed E-state index contributed by atoms with van der Waals surface area (Å²) in [5, 5.41) is 3.68. The number of piperidine rings is 1. The summed E-state index contributed by atoms with van der Waals surface area (Å²) in [5.74, 6) is 0.931. The Bertz CT molecular complexity index is 256. The first-order valence-corrected chi connectivity index (χ1v) is 8.16. The van der Waals surface area contributed by atoms with Crippen molar-refractivity contribution in [3.05, 3.63) is 0 Å². The Labute approximate surface area is 117 Å². The molecule has 0 aromatic heterocycles. The van der Waals surface area contributed by atoms with Crippen LogP contribution in [0.5, 0.6) is 0 Å². The minimum atomic E-state index is 0.874. The minimum absolute atomic E-state index is 0.874. The third kappa shape index (κ3) is 4.71. The number of nitrogens with one attached hydrogen (secondary N) is 1. The van der Waals surface area contributed by atoms with Crippen molar-refractivity contribution in [1.29, 1.82) is 0 Å². The Kier molecular flexibility index (Phi) is 5.10. The molecule has 1 saturated carbocycles. The van der Waals surface area contributed by atoms with Gasteiger partial charge in [-0.05, 0) is 51.2 Å². The highest BCUT2D eigenvalue weighted by Crippen LogP contribution is 2.21. The van der Waals surface area contributed by atoms with E-state index >= 15 is 0 Å². The van der Waals surface area contributed by atoms with E-state index in [-0.39, 0.29) is 0 Å². The van der Waals surface area contributed by atoms with Crippen LogP contribution in [0, 0.1) is 5.92 Å². The Morgan fingerprint density at radius 2 is 1.47 bits per heavy atom. The van der Waals surface area contributed by atoms with E-state index in [2.05, 4.69) is 15.1 Å². The first-order valence-electron chi connectivity index (χ1n) is 8.16. The Morgan fingerprint density at radius 3 is 2.11 bits per heavy atom. The third-order valence-electron chi connectivity index (χ3n) is 4.82. The Balaban J connectivity index is 1.26. The number of likely N-dealkylation sites (tertiary alicyclic amines) is 1. The van der Waals surface area contributed by atoms with Crippen LogP contribution in [0.2, 0.25) is 0 Å². The van der Waals surface area contributed by atoms with Crippen molar-refractivity contribution in [2.45, 2.75) is 31.7 Å². The molecule has 1 N–H and O–H groups in total. The number of nitrogens with zero attached hydrogens (tertiary/aromatic N) is 2. The largest absolute Gasteiger partial charge is 0.379 e. The van der Waals surface area contributed by atoms with Crippen molar-refractivity contribution in [2.75, 3.05) is 59.0 Å². The second kappa shape index (κ2) is 7.02. The standard InChI is InChI=1S/C15H29N3O/c1-2-15(1)16-13-14-3-5-17(6-4-14)7-8-18-9-11-19-12-10-18/h14-16H,1-13H2. The summed E-state index contributed by atoms with van der Waals surface area (Å²) in [6.45, 7) is 10.5. The summed E-state index contributed by atoms with van der Waals surface area (Å²) < 4.78 is 5.39.